The van der Waals surface area contributed by atoms with E-state index < -0.39 is 0 Å². The highest BCUT2D eigenvalue weighted by Crippen LogP contribution is 2.24. The molecule has 114 valence electrons. The molecule has 1 fully saturated rings. The number of hydrogen-bond donors (Lipinski definition) is 0. The van der Waals surface area contributed by atoms with Gasteiger partial charge in [-0.25, -0.2) is 0 Å². The Hall–Kier alpha value is -2.10. The molecule has 2 aromatic carbocycles. The first-order chi connectivity index (χ1) is 10.9. The summed E-state index contributed by atoms with van der Waals surface area (Å²) in [5.41, 5.74) is 2.21. The Balaban J connectivity index is 1.49. The zero-order valence-electron chi connectivity index (χ0n) is 12.5. The van der Waals surface area contributed by atoms with Gasteiger partial charge in [0.15, 0.2) is 6.29 Å². The third kappa shape index (κ3) is 4.20. The predicted molar refractivity (Wildman–Crippen MR) is 86.7 cm³/mol. The highest BCUT2D eigenvalue weighted by Gasteiger charge is 2.16. The first-order valence-corrected chi connectivity index (χ1v) is 7.59. The molecule has 0 aromatic heterocycles. The second-order valence-electron chi connectivity index (χ2n) is 5.12. The van der Waals surface area contributed by atoms with E-state index in [0.717, 1.165) is 30.9 Å². The molecule has 0 aliphatic carbocycles. The number of benzene rings is 2. The van der Waals surface area contributed by atoms with Crippen LogP contribution >= 0.6 is 0 Å². The third-order valence-electron chi connectivity index (χ3n) is 3.44. The van der Waals surface area contributed by atoms with Gasteiger partial charge in [-0.1, -0.05) is 48.5 Å². The van der Waals surface area contributed by atoms with Crippen molar-refractivity contribution in [3.8, 4) is 5.75 Å². The van der Waals surface area contributed by atoms with Crippen molar-refractivity contribution in [2.75, 3.05) is 19.8 Å². The van der Waals surface area contributed by atoms with E-state index in [0.29, 0.717) is 6.61 Å². The largest absolute Gasteiger partial charge is 0.490 e. The summed E-state index contributed by atoms with van der Waals surface area (Å²) in [5, 5.41) is 0. The minimum atomic E-state index is -0.235. The number of rotatable bonds is 5. The fourth-order valence-corrected chi connectivity index (χ4v) is 2.29. The fraction of sp³-hybridized carbons (Fsp3) is 0.263. The second kappa shape index (κ2) is 7.78. The molecule has 1 aliphatic heterocycles. The molecule has 1 heterocycles. The maximum absolute atomic E-state index is 5.70. The summed E-state index contributed by atoms with van der Waals surface area (Å²) in [4.78, 5) is 0. The van der Waals surface area contributed by atoms with Crippen LogP contribution in [0.3, 0.4) is 0 Å². The lowest BCUT2D eigenvalue weighted by Gasteiger charge is -2.23. The standard InChI is InChI=1S/C19H20O3/c1-2-6-16(7-3-1)8-4-13-20-18-11-9-17(10-12-18)19-21-14-5-15-22-19/h1-4,6-12,19H,5,13-15H2/b8-4+. The van der Waals surface area contributed by atoms with Crippen LogP contribution in [0.5, 0.6) is 5.75 Å². The molecule has 3 heteroatoms. The molecule has 2 aromatic rings. The van der Waals surface area contributed by atoms with Gasteiger partial charge in [0, 0.05) is 5.56 Å². The Morgan fingerprint density at radius 2 is 1.68 bits per heavy atom. The summed E-state index contributed by atoms with van der Waals surface area (Å²) in [6.07, 6.45) is 4.79. The van der Waals surface area contributed by atoms with E-state index in [1.54, 1.807) is 0 Å². The van der Waals surface area contributed by atoms with E-state index in [-0.39, 0.29) is 6.29 Å². The molecule has 22 heavy (non-hydrogen) atoms. The highest BCUT2D eigenvalue weighted by atomic mass is 16.7. The van der Waals surface area contributed by atoms with Crippen molar-refractivity contribution in [2.24, 2.45) is 0 Å². The topological polar surface area (TPSA) is 27.7 Å². The quantitative estimate of drug-likeness (QED) is 0.827. The summed E-state index contributed by atoms with van der Waals surface area (Å²) >= 11 is 0. The van der Waals surface area contributed by atoms with Crippen LogP contribution in [0, 0.1) is 0 Å². The fourth-order valence-electron chi connectivity index (χ4n) is 2.29. The first-order valence-electron chi connectivity index (χ1n) is 7.59. The molecule has 0 radical (unpaired) electrons. The molecular formula is C19H20O3. The highest BCUT2D eigenvalue weighted by molar-refractivity contribution is 5.48. The van der Waals surface area contributed by atoms with Crippen LogP contribution in [0.1, 0.15) is 23.8 Å². The van der Waals surface area contributed by atoms with Crippen LogP contribution < -0.4 is 4.74 Å². The molecular weight excluding hydrogens is 276 g/mol. The molecule has 0 N–H and O–H groups in total. The smallest absolute Gasteiger partial charge is 0.183 e. The molecule has 0 amide bonds. The molecule has 0 unspecified atom stereocenters. The van der Waals surface area contributed by atoms with Gasteiger partial charge < -0.3 is 14.2 Å². The Kier molecular flexibility index (Phi) is 5.24. The molecule has 0 bridgehead atoms. The maximum atomic E-state index is 5.70. The normalized spacial score (nSPS) is 16.0. The third-order valence-corrected chi connectivity index (χ3v) is 3.44. The van der Waals surface area contributed by atoms with Crippen molar-refractivity contribution in [1.29, 1.82) is 0 Å². The van der Waals surface area contributed by atoms with E-state index in [2.05, 4.69) is 18.2 Å². The van der Waals surface area contributed by atoms with Crippen LogP contribution in [0.15, 0.2) is 60.7 Å². The van der Waals surface area contributed by atoms with Gasteiger partial charge in [-0.05, 0) is 30.2 Å². The van der Waals surface area contributed by atoms with E-state index >= 15 is 0 Å². The monoisotopic (exact) mass is 296 g/mol. The van der Waals surface area contributed by atoms with Gasteiger partial charge in [0.25, 0.3) is 0 Å². The summed E-state index contributed by atoms with van der Waals surface area (Å²) in [6.45, 7) is 2.06. The van der Waals surface area contributed by atoms with Crippen molar-refractivity contribution in [1.82, 2.24) is 0 Å². The van der Waals surface area contributed by atoms with Crippen LogP contribution in [-0.4, -0.2) is 19.8 Å². The van der Waals surface area contributed by atoms with Gasteiger partial charge in [0.1, 0.15) is 12.4 Å². The zero-order chi connectivity index (χ0) is 15.0. The van der Waals surface area contributed by atoms with Crippen LogP contribution in [0.25, 0.3) is 6.08 Å². The van der Waals surface area contributed by atoms with Crippen LogP contribution in [0.4, 0.5) is 0 Å². The Morgan fingerprint density at radius 1 is 0.955 bits per heavy atom. The minimum absolute atomic E-state index is 0.235. The lowest BCUT2D eigenvalue weighted by molar-refractivity contribution is -0.183. The summed E-state index contributed by atoms with van der Waals surface area (Å²) < 4.78 is 16.9. The molecule has 3 rings (SSSR count). The lowest BCUT2D eigenvalue weighted by Crippen LogP contribution is -2.17. The minimum Gasteiger partial charge on any atom is -0.490 e. The molecule has 3 nitrogen and oxygen atoms in total. The molecule has 0 atom stereocenters. The summed E-state index contributed by atoms with van der Waals surface area (Å²) in [7, 11) is 0. The van der Waals surface area contributed by atoms with E-state index in [4.69, 9.17) is 14.2 Å². The zero-order valence-corrected chi connectivity index (χ0v) is 12.5. The summed E-state index contributed by atoms with van der Waals surface area (Å²) in [6, 6.07) is 18.1. The van der Waals surface area contributed by atoms with E-state index in [1.807, 2.05) is 48.5 Å². The Morgan fingerprint density at radius 3 is 2.41 bits per heavy atom. The second-order valence-corrected chi connectivity index (χ2v) is 5.12. The van der Waals surface area contributed by atoms with Crippen LogP contribution in [-0.2, 0) is 9.47 Å². The first kappa shape index (κ1) is 14.8. The van der Waals surface area contributed by atoms with Gasteiger partial charge in [-0.3, -0.25) is 0 Å². The van der Waals surface area contributed by atoms with Crippen molar-refractivity contribution in [2.45, 2.75) is 12.7 Å². The molecule has 1 saturated heterocycles. The van der Waals surface area contributed by atoms with Gasteiger partial charge in [-0.15, -0.1) is 0 Å². The maximum Gasteiger partial charge on any atom is 0.183 e. The van der Waals surface area contributed by atoms with E-state index in [1.165, 1.54) is 5.56 Å². The van der Waals surface area contributed by atoms with Gasteiger partial charge in [0.05, 0.1) is 13.2 Å². The van der Waals surface area contributed by atoms with E-state index in [9.17, 15) is 0 Å². The summed E-state index contributed by atoms with van der Waals surface area (Å²) in [5.74, 6) is 0.845. The van der Waals surface area contributed by atoms with Crippen molar-refractivity contribution < 1.29 is 14.2 Å². The van der Waals surface area contributed by atoms with Crippen molar-refractivity contribution in [3.05, 3.63) is 71.8 Å². The molecule has 0 spiro atoms. The van der Waals surface area contributed by atoms with Crippen molar-refractivity contribution in [3.63, 3.8) is 0 Å². The SMILES string of the molecule is C(=C\c1ccccc1)/COc1ccc(C2OCCCO2)cc1. The van der Waals surface area contributed by atoms with Gasteiger partial charge in [-0.2, -0.15) is 0 Å². The Labute approximate surface area is 131 Å². The average Bonchev–Trinajstić information content (AvgIpc) is 2.61. The molecule has 0 saturated carbocycles. The average molecular weight is 296 g/mol. The van der Waals surface area contributed by atoms with Crippen LogP contribution in [0.2, 0.25) is 0 Å². The Bertz CT molecular complexity index is 584. The van der Waals surface area contributed by atoms with Crippen molar-refractivity contribution >= 4 is 6.08 Å². The van der Waals surface area contributed by atoms with Gasteiger partial charge in [0.2, 0.25) is 0 Å². The number of ether oxygens (including phenoxy) is 3. The number of hydrogen-bond acceptors (Lipinski definition) is 3. The predicted octanol–water partition coefficient (Wildman–Crippen LogP) is 4.21. The van der Waals surface area contributed by atoms with Gasteiger partial charge >= 0.3 is 0 Å². The lowest BCUT2D eigenvalue weighted by atomic mass is 10.2. The molecule has 1 aliphatic rings.